The summed E-state index contributed by atoms with van der Waals surface area (Å²) in [5, 5.41) is 8.69. The molecule has 1 aromatic rings. The minimum Gasteiger partial charge on any atom is -0.338 e. The molecule has 1 saturated heterocycles. The van der Waals surface area contributed by atoms with Crippen LogP contribution in [0.4, 0.5) is 0 Å². The summed E-state index contributed by atoms with van der Waals surface area (Å²) < 4.78 is 0. The third kappa shape index (κ3) is 2.59. The molecule has 1 aliphatic rings. The lowest BCUT2D eigenvalue weighted by Gasteiger charge is -2.16. The summed E-state index contributed by atoms with van der Waals surface area (Å²) in [6.45, 7) is 1.51. The topological polar surface area (TPSA) is 44.1 Å². The van der Waals surface area contributed by atoms with Crippen LogP contribution in [-0.2, 0) is 0 Å². The Hall–Kier alpha value is -1.53. The van der Waals surface area contributed by atoms with E-state index in [2.05, 4.69) is 0 Å². The van der Waals surface area contributed by atoms with Gasteiger partial charge in [0.15, 0.2) is 0 Å². The zero-order valence-corrected chi connectivity index (χ0v) is 10.2. The maximum Gasteiger partial charge on any atom is 0.253 e. The first kappa shape index (κ1) is 11.9. The zero-order valence-electron chi connectivity index (χ0n) is 9.40. The molecule has 1 unspecified atom stereocenters. The van der Waals surface area contributed by atoms with Gasteiger partial charge in [0, 0.05) is 24.5 Å². The number of carbonyl (C=O) groups is 1. The fourth-order valence-electron chi connectivity index (χ4n) is 2.01. The van der Waals surface area contributed by atoms with E-state index in [4.69, 9.17) is 16.9 Å². The summed E-state index contributed by atoms with van der Waals surface area (Å²) in [6.07, 6.45) is 0.978. The molecule has 1 fully saturated rings. The van der Waals surface area contributed by atoms with Crippen molar-refractivity contribution in [2.75, 3.05) is 19.0 Å². The number of likely N-dealkylation sites (tertiary alicyclic amines) is 1. The van der Waals surface area contributed by atoms with Gasteiger partial charge in [-0.15, -0.1) is 11.6 Å². The highest BCUT2D eigenvalue weighted by Crippen LogP contribution is 2.19. The van der Waals surface area contributed by atoms with Crippen LogP contribution in [-0.4, -0.2) is 29.8 Å². The van der Waals surface area contributed by atoms with Gasteiger partial charge in [-0.2, -0.15) is 5.26 Å². The quantitative estimate of drug-likeness (QED) is 0.754. The normalized spacial score (nSPS) is 19.1. The summed E-state index contributed by atoms with van der Waals surface area (Å²) in [5.41, 5.74) is 1.21. The van der Waals surface area contributed by atoms with Gasteiger partial charge in [-0.25, -0.2) is 0 Å². The van der Waals surface area contributed by atoms with E-state index in [0.717, 1.165) is 19.5 Å². The molecule has 17 heavy (non-hydrogen) atoms. The molecule has 88 valence electrons. The second kappa shape index (κ2) is 5.20. The SMILES string of the molecule is N#Cc1ccc(C(=O)N2CCC(CCl)C2)cc1. The second-order valence-corrected chi connectivity index (χ2v) is 4.56. The number of hydrogen-bond donors (Lipinski definition) is 0. The molecule has 0 aliphatic carbocycles. The zero-order chi connectivity index (χ0) is 12.3. The average molecular weight is 249 g/mol. The van der Waals surface area contributed by atoms with E-state index in [0.29, 0.717) is 22.9 Å². The highest BCUT2D eigenvalue weighted by molar-refractivity contribution is 6.18. The minimum atomic E-state index is 0.0297. The van der Waals surface area contributed by atoms with Crippen molar-refractivity contribution in [2.24, 2.45) is 5.92 Å². The van der Waals surface area contributed by atoms with Crippen LogP contribution < -0.4 is 0 Å². The Kier molecular flexibility index (Phi) is 3.65. The first-order valence-electron chi connectivity index (χ1n) is 5.60. The van der Waals surface area contributed by atoms with Gasteiger partial charge in [0.05, 0.1) is 11.6 Å². The molecule has 0 saturated carbocycles. The van der Waals surface area contributed by atoms with Crippen LogP contribution in [0, 0.1) is 17.2 Å². The Bertz CT molecular complexity index is 449. The summed E-state index contributed by atoms with van der Waals surface area (Å²) in [6, 6.07) is 8.78. The van der Waals surface area contributed by atoms with E-state index >= 15 is 0 Å². The average Bonchev–Trinajstić information content (AvgIpc) is 2.87. The molecule has 1 aliphatic heterocycles. The van der Waals surface area contributed by atoms with Gasteiger partial charge in [0.2, 0.25) is 0 Å². The van der Waals surface area contributed by atoms with Crippen LogP contribution in [0.15, 0.2) is 24.3 Å². The molecule has 0 aromatic heterocycles. The molecular formula is C13H13ClN2O. The Balaban J connectivity index is 2.07. The lowest BCUT2D eigenvalue weighted by atomic mass is 10.1. The number of hydrogen-bond acceptors (Lipinski definition) is 2. The number of amides is 1. The Labute approximate surface area is 106 Å². The van der Waals surface area contributed by atoms with Crippen molar-refractivity contribution < 1.29 is 4.79 Å². The first-order chi connectivity index (χ1) is 8.24. The van der Waals surface area contributed by atoms with Crippen LogP contribution in [0.2, 0.25) is 0 Å². The predicted octanol–water partition coefficient (Wildman–Crippen LogP) is 2.26. The van der Waals surface area contributed by atoms with Gasteiger partial charge in [0.1, 0.15) is 0 Å². The van der Waals surface area contributed by atoms with Crippen LogP contribution in [0.3, 0.4) is 0 Å². The lowest BCUT2D eigenvalue weighted by Crippen LogP contribution is -2.28. The van der Waals surface area contributed by atoms with E-state index in [1.807, 2.05) is 11.0 Å². The minimum absolute atomic E-state index is 0.0297. The molecule has 1 heterocycles. The number of nitrogens with zero attached hydrogens (tertiary/aromatic N) is 2. The van der Waals surface area contributed by atoms with Crippen LogP contribution in [0.5, 0.6) is 0 Å². The number of carbonyl (C=O) groups excluding carboxylic acids is 1. The number of alkyl halides is 1. The Morgan fingerprint density at radius 3 is 2.71 bits per heavy atom. The lowest BCUT2D eigenvalue weighted by molar-refractivity contribution is 0.0788. The van der Waals surface area contributed by atoms with Gasteiger partial charge in [-0.1, -0.05) is 0 Å². The molecule has 1 aromatic carbocycles. The van der Waals surface area contributed by atoms with Crippen molar-refractivity contribution >= 4 is 17.5 Å². The highest BCUT2D eigenvalue weighted by atomic mass is 35.5. The highest BCUT2D eigenvalue weighted by Gasteiger charge is 2.26. The molecule has 0 N–H and O–H groups in total. The molecule has 1 atom stereocenters. The predicted molar refractivity (Wildman–Crippen MR) is 65.9 cm³/mol. The number of benzene rings is 1. The molecule has 3 nitrogen and oxygen atoms in total. The fourth-order valence-corrected chi connectivity index (χ4v) is 2.26. The van der Waals surface area contributed by atoms with Crippen molar-refractivity contribution in [3.8, 4) is 6.07 Å². The molecule has 2 rings (SSSR count). The Morgan fingerprint density at radius 2 is 2.18 bits per heavy atom. The van der Waals surface area contributed by atoms with Gasteiger partial charge in [-0.05, 0) is 36.6 Å². The van der Waals surface area contributed by atoms with Crippen molar-refractivity contribution in [1.29, 1.82) is 5.26 Å². The number of nitriles is 1. The molecule has 0 radical (unpaired) electrons. The maximum absolute atomic E-state index is 12.1. The van der Waals surface area contributed by atoms with Gasteiger partial charge < -0.3 is 4.90 Å². The molecule has 0 bridgehead atoms. The third-order valence-electron chi connectivity index (χ3n) is 3.05. The number of halogens is 1. The Morgan fingerprint density at radius 1 is 1.47 bits per heavy atom. The van der Waals surface area contributed by atoms with Gasteiger partial charge in [0.25, 0.3) is 5.91 Å². The van der Waals surface area contributed by atoms with Crippen molar-refractivity contribution in [3.05, 3.63) is 35.4 Å². The van der Waals surface area contributed by atoms with Crippen LogP contribution in [0.1, 0.15) is 22.3 Å². The fraction of sp³-hybridized carbons (Fsp3) is 0.385. The molecule has 0 spiro atoms. The van der Waals surface area contributed by atoms with Gasteiger partial charge >= 0.3 is 0 Å². The molecular weight excluding hydrogens is 236 g/mol. The smallest absolute Gasteiger partial charge is 0.253 e. The van der Waals surface area contributed by atoms with Gasteiger partial charge in [-0.3, -0.25) is 4.79 Å². The van der Waals surface area contributed by atoms with Crippen LogP contribution >= 0.6 is 11.6 Å². The second-order valence-electron chi connectivity index (χ2n) is 4.25. The summed E-state index contributed by atoms with van der Waals surface area (Å²) >= 11 is 5.79. The van der Waals surface area contributed by atoms with Crippen molar-refractivity contribution in [1.82, 2.24) is 4.90 Å². The van der Waals surface area contributed by atoms with E-state index in [1.54, 1.807) is 24.3 Å². The molecule has 4 heteroatoms. The first-order valence-corrected chi connectivity index (χ1v) is 6.13. The summed E-state index contributed by atoms with van der Waals surface area (Å²) in [4.78, 5) is 13.9. The van der Waals surface area contributed by atoms with E-state index in [9.17, 15) is 4.79 Å². The number of rotatable bonds is 2. The third-order valence-corrected chi connectivity index (χ3v) is 3.49. The standard InChI is InChI=1S/C13H13ClN2O/c14-7-11-5-6-16(9-11)13(17)12-3-1-10(8-15)2-4-12/h1-4,11H,5-7,9H2. The summed E-state index contributed by atoms with van der Waals surface area (Å²) in [7, 11) is 0. The van der Waals surface area contributed by atoms with E-state index < -0.39 is 0 Å². The van der Waals surface area contributed by atoms with Crippen LogP contribution in [0.25, 0.3) is 0 Å². The summed E-state index contributed by atoms with van der Waals surface area (Å²) in [5.74, 6) is 1.05. The van der Waals surface area contributed by atoms with Crippen molar-refractivity contribution in [3.63, 3.8) is 0 Å². The maximum atomic E-state index is 12.1. The monoisotopic (exact) mass is 248 g/mol. The van der Waals surface area contributed by atoms with Crippen molar-refractivity contribution in [2.45, 2.75) is 6.42 Å². The van der Waals surface area contributed by atoms with E-state index in [-0.39, 0.29) is 5.91 Å². The largest absolute Gasteiger partial charge is 0.338 e. The molecule has 1 amide bonds. The van der Waals surface area contributed by atoms with E-state index in [1.165, 1.54) is 0 Å².